The molecule has 0 saturated heterocycles. The van der Waals surface area contributed by atoms with E-state index in [0.717, 1.165) is 26.4 Å². The molecule has 11 heteroatoms. The summed E-state index contributed by atoms with van der Waals surface area (Å²) in [5.41, 5.74) is 2.39. The van der Waals surface area contributed by atoms with Crippen LogP contribution in [0.2, 0.25) is 5.02 Å². The SMILES string of the molecule is Cc1cccc(C)c1NC(=O)CN(C)C(=O)COC(=O)c1ccc(Cl)c(S(=O)(=O)N(C)C)c1. The number of carbonyl (C=O) groups is 3. The van der Waals surface area contributed by atoms with Crippen molar-refractivity contribution in [2.24, 2.45) is 0 Å². The van der Waals surface area contributed by atoms with Crippen LogP contribution in [0.15, 0.2) is 41.3 Å². The number of para-hydroxylation sites is 1. The van der Waals surface area contributed by atoms with E-state index in [2.05, 4.69) is 5.32 Å². The molecule has 2 aromatic carbocycles. The van der Waals surface area contributed by atoms with E-state index in [0.29, 0.717) is 5.69 Å². The van der Waals surface area contributed by atoms with Gasteiger partial charge in [-0.15, -0.1) is 0 Å². The normalized spacial score (nSPS) is 11.2. The number of anilines is 1. The number of nitrogens with one attached hydrogen (secondary N) is 1. The Morgan fingerprint density at radius 2 is 1.64 bits per heavy atom. The van der Waals surface area contributed by atoms with Crippen molar-refractivity contribution in [2.45, 2.75) is 18.7 Å². The van der Waals surface area contributed by atoms with Crippen LogP contribution in [0.5, 0.6) is 0 Å². The Morgan fingerprint density at radius 3 is 2.21 bits per heavy atom. The number of hydrogen-bond donors (Lipinski definition) is 1. The summed E-state index contributed by atoms with van der Waals surface area (Å²) in [4.78, 5) is 37.9. The van der Waals surface area contributed by atoms with Crippen LogP contribution in [0.3, 0.4) is 0 Å². The van der Waals surface area contributed by atoms with Gasteiger partial charge in [0.25, 0.3) is 5.91 Å². The molecule has 0 spiro atoms. The number of esters is 1. The van der Waals surface area contributed by atoms with Crippen LogP contribution in [0.25, 0.3) is 0 Å². The number of carbonyl (C=O) groups excluding carboxylic acids is 3. The molecule has 0 radical (unpaired) electrons. The third-order valence-corrected chi connectivity index (χ3v) is 7.10. The van der Waals surface area contributed by atoms with Crippen LogP contribution in [0, 0.1) is 13.8 Å². The molecule has 0 aliphatic carbocycles. The molecule has 0 heterocycles. The van der Waals surface area contributed by atoms with Crippen LogP contribution >= 0.6 is 11.6 Å². The van der Waals surface area contributed by atoms with Crippen molar-refractivity contribution in [3.05, 3.63) is 58.1 Å². The number of halogens is 1. The molecule has 0 unspecified atom stereocenters. The summed E-state index contributed by atoms with van der Waals surface area (Å²) in [7, 11) is 0.197. The number of ether oxygens (including phenoxy) is 1. The lowest BCUT2D eigenvalue weighted by atomic mass is 10.1. The zero-order valence-corrected chi connectivity index (χ0v) is 20.6. The van der Waals surface area contributed by atoms with Gasteiger partial charge in [-0.25, -0.2) is 17.5 Å². The number of likely N-dealkylation sites (N-methyl/N-ethyl adjacent to an activating group) is 1. The Balaban J connectivity index is 1.99. The van der Waals surface area contributed by atoms with Crippen molar-refractivity contribution in [2.75, 3.05) is 39.6 Å². The fourth-order valence-electron chi connectivity index (χ4n) is 2.84. The maximum absolute atomic E-state index is 12.3. The summed E-state index contributed by atoms with van der Waals surface area (Å²) >= 11 is 5.97. The van der Waals surface area contributed by atoms with E-state index in [1.165, 1.54) is 33.3 Å². The molecule has 0 aliphatic heterocycles. The fraction of sp³-hybridized carbons (Fsp3) is 0.318. The molecule has 0 atom stereocenters. The molecule has 2 aromatic rings. The number of rotatable bonds is 8. The van der Waals surface area contributed by atoms with Gasteiger partial charge in [0.15, 0.2) is 6.61 Å². The van der Waals surface area contributed by atoms with Gasteiger partial charge in [-0.05, 0) is 43.2 Å². The topological polar surface area (TPSA) is 113 Å². The number of aryl methyl sites for hydroxylation is 2. The molecule has 0 aromatic heterocycles. The molecule has 0 saturated carbocycles. The van der Waals surface area contributed by atoms with Gasteiger partial charge in [0, 0.05) is 26.8 Å². The first kappa shape index (κ1) is 26.3. The maximum Gasteiger partial charge on any atom is 0.338 e. The highest BCUT2D eigenvalue weighted by atomic mass is 35.5. The summed E-state index contributed by atoms with van der Waals surface area (Å²) in [6.45, 7) is 2.87. The molecule has 9 nitrogen and oxygen atoms in total. The van der Waals surface area contributed by atoms with Crippen LogP contribution in [-0.2, 0) is 24.3 Å². The van der Waals surface area contributed by atoms with Gasteiger partial charge in [0.1, 0.15) is 4.90 Å². The van der Waals surface area contributed by atoms with Gasteiger partial charge in [0.2, 0.25) is 15.9 Å². The molecular weight excluding hydrogens is 470 g/mol. The van der Waals surface area contributed by atoms with Gasteiger partial charge in [-0.3, -0.25) is 9.59 Å². The lowest BCUT2D eigenvalue weighted by Gasteiger charge is -2.18. The highest BCUT2D eigenvalue weighted by Gasteiger charge is 2.23. The predicted octanol–water partition coefficient (Wildman–Crippen LogP) is 2.46. The summed E-state index contributed by atoms with van der Waals surface area (Å²) in [6.07, 6.45) is 0. The Morgan fingerprint density at radius 1 is 1.03 bits per heavy atom. The monoisotopic (exact) mass is 495 g/mol. The third kappa shape index (κ3) is 6.53. The van der Waals surface area contributed by atoms with Gasteiger partial charge in [0.05, 0.1) is 17.1 Å². The lowest BCUT2D eigenvalue weighted by molar-refractivity contribution is -0.136. The van der Waals surface area contributed by atoms with E-state index < -0.39 is 34.4 Å². The molecule has 1 N–H and O–H groups in total. The van der Waals surface area contributed by atoms with Gasteiger partial charge >= 0.3 is 5.97 Å². The Bertz CT molecular complexity index is 1160. The average Bonchev–Trinajstić information content (AvgIpc) is 2.74. The van der Waals surface area contributed by atoms with Crippen molar-refractivity contribution < 1.29 is 27.5 Å². The minimum Gasteiger partial charge on any atom is -0.452 e. The highest BCUT2D eigenvalue weighted by Crippen LogP contribution is 2.25. The van der Waals surface area contributed by atoms with E-state index in [-0.39, 0.29) is 22.0 Å². The van der Waals surface area contributed by atoms with Crippen LogP contribution in [0.1, 0.15) is 21.5 Å². The molecule has 0 fully saturated rings. The average molecular weight is 496 g/mol. The molecule has 2 amide bonds. The first-order valence-corrected chi connectivity index (χ1v) is 11.7. The molecule has 2 rings (SSSR count). The van der Waals surface area contributed by atoms with E-state index >= 15 is 0 Å². The third-order valence-electron chi connectivity index (χ3n) is 4.80. The quantitative estimate of drug-likeness (QED) is 0.563. The zero-order valence-electron chi connectivity index (χ0n) is 19.0. The Labute approximate surface area is 198 Å². The number of sulfonamides is 1. The van der Waals surface area contributed by atoms with E-state index in [4.69, 9.17) is 16.3 Å². The second kappa shape index (κ2) is 10.8. The summed E-state index contributed by atoms with van der Waals surface area (Å²) in [5.74, 6) is -1.90. The Kier molecular flexibility index (Phi) is 8.59. The van der Waals surface area contributed by atoms with Crippen molar-refractivity contribution in [3.63, 3.8) is 0 Å². The second-order valence-electron chi connectivity index (χ2n) is 7.57. The minimum absolute atomic E-state index is 0.0500. The van der Waals surface area contributed by atoms with Gasteiger partial charge in [-0.2, -0.15) is 0 Å². The standard InChI is InChI=1S/C22H26ClN3O6S/c1-14-7-6-8-15(2)21(14)24-19(27)12-26(5)20(28)13-32-22(29)16-9-10-17(23)18(11-16)33(30,31)25(3)4/h6-11H,12-13H2,1-5H3,(H,24,27). The van der Waals surface area contributed by atoms with Crippen LogP contribution in [-0.4, -0.2) is 69.7 Å². The lowest BCUT2D eigenvalue weighted by Crippen LogP contribution is -2.37. The second-order valence-corrected chi connectivity index (χ2v) is 10.1. The minimum atomic E-state index is -3.88. The number of benzene rings is 2. The number of nitrogens with zero attached hydrogens (tertiary/aromatic N) is 2. The predicted molar refractivity (Wildman–Crippen MR) is 125 cm³/mol. The first-order chi connectivity index (χ1) is 15.3. The smallest absolute Gasteiger partial charge is 0.338 e. The summed E-state index contributed by atoms with van der Waals surface area (Å²) in [6, 6.07) is 9.26. The zero-order chi connectivity index (χ0) is 24.9. The van der Waals surface area contributed by atoms with Crippen molar-refractivity contribution >= 4 is 45.1 Å². The molecular formula is C22H26ClN3O6S. The fourth-order valence-corrected chi connectivity index (χ4v) is 4.23. The van der Waals surface area contributed by atoms with Crippen LogP contribution < -0.4 is 5.32 Å². The summed E-state index contributed by atoms with van der Waals surface area (Å²) < 4.78 is 30.7. The highest BCUT2D eigenvalue weighted by molar-refractivity contribution is 7.89. The molecule has 33 heavy (non-hydrogen) atoms. The van der Waals surface area contributed by atoms with Crippen molar-refractivity contribution in [1.82, 2.24) is 9.21 Å². The van der Waals surface area contributed by atoms with E-state index in [9.17, 15) is 22.8 Å². The summed E-state index contributed by atoms with van der Waals surface area (Å²) in [5, 5.41) is 2.73. The van der Waals surface area contributed by atoms with Gasteiger partial charge < -0.3 is 15.0 Å². The van der Waals surface area contributed by atoms with E-state index in [1.807, 2.05) is 32.0 Å². The van der Waals surface area contributed by atoms with E-state index in [1.54, 1.807) is 0 Å². The maximum atomic E-state index is 12.3. The molecule has 0 aliphatic rings. The van der Waals surface area contributed by atoms with Crippen molar-refractivity contribution in [1.29, 1.82) is 0 Å². The first-order valence-electron chi connectivity index (χ1n) is 9.83. The van der Waals surface area contributed by atoms with Crippen LogP contribution in [0.4, 0.5) is 5.69 Å². The largest absolute Gasteiger partial charge is 0.452 e. The number of amides is 2. The Hall–Kier alpha value is -2.95. The van der Waals surface area contributed by atoms with Gasteiger partial charge in [-0.1, -0.05) is 29.8 Å². The van der Waals surface area contributed by atoms with Crippen molar-refractivity contribution in [3.8, 4) is 0 Å². The molecule has 178 valence electrons. The molecule has 0 bridgehead atoms. The number of hydrogen-bond acceptors (Lipinski definition) is 6.